The summed E-state index contributed by atoms with van der Waals surface area (Å²) in [5, 5.41) is 3.03. The number of hydrogen-bond donors (Lipinski definition) is 2. The van der Waals surface area contributed by atoms with Crippen LogP contribution in [0.3, 0.4) is 0 Å². The van der Waals surface area contributed by atoms with Crippen LogP contribution < -0.4 is 9.81 Å². The first-order chi connectivity index (χ1) is 11.4. The summed E-state index contributed by atoms with van der Waals surface area (Å²) < 4.78 is 39.7. The molecule has 0 heterocycles. The molecule has 0 atom stereocenters. The molecular formula is C17H23N2O3PS. The standard InChI is InChI=1S/C17H23N2O3PS/c1-3-23(20,4-2)19-16-10-12-17(13-11-16)24(21,22)18-14-15-8-6-5-7-9-15/h5-13,18H,3-4,14H2,1-2H3,(H,19,20). The van der Waals surface area contributed by atoms with Crippen LogP contribution in [0.25, 0.3) is 0 Å². The van der Waals surface area contributed by atoms with E-state index in [-0.39, 0.29) is 11.4 Å². The van der Waals surface area contributed by atoms with Crippen LogP contribution in [0.4, 0.5) is 5.69 Å². The van der Waals surface area contributed by atoms with Crippen LogP contribution in [0.5, 0.6) is 0 Å². The Hall–Kier alpha value is -1.62. The zero-order chi connectivity index (χ0) is 17.6. The molecule has 0 unspecified atom stereocenters. The maximum absolute atomic E-state index is 12.4. The van der Waals surface area contributed by atoms with E-state index in [4.69, 9.17) is 0 Å². The monoisotopic (exact) mass is 366 g/mol. The van der Waals surface area contributed by atoms with Crippen LogP contribution in [0, 0.1) is 0 Å². The van der Waals surface area contributed by atoms with Gasteiger partial charge in [-0.3, -0.25) is 0 Å². The first-order valence-corrected chi connectivity index (χ1v) is 11.4. The van der Waals surface area contributed by atoms with E-state index in [2.05, 4.69) is 9.81 Å². The lowest BCUT2D eigenvalue weighted by Gasteiger charge is -2.17. The van der Waals surface area contributed by atoms with Gasteiger partial charge >= 0.3 is 0 Å². The Kier molecular flexibility index (Phi) is 6.21. The number of sulfonamides is 1. The molecule has 7 heteroatoms. The molecular weight excluding hydrogens is 343 g/mol. The Morgan fingerprint density at radius 1 is 0.917 bits per heavy atom. The molecule has 0 saturated carbocycles. The Morgan fingerprint density at radius 2 is 1.50 bits per heavy atom. The summed E-state index contributed by atoms with van der Waals surface area (Å²) in [5.74, 6) is 0. The predicted octanol–water partition coefficient (Wildman–Crippen LogP) is 3.89. The van der Waals surface area contributed by atoms with Gasteiger partial charge in [0, 0.05) is 24.6 Å². The summed E-state index contributed by atoms with van der Waals surface area (Å²) >= 11 is 0. The summed E-state index contributed by atoms with van der Waals surface area (Å²) in [7, 11) is -6.00. The van der Waals surface area contributed by atoms with E-state index in [0.717, 1.165) is 5.56 Å². The van der Waals surface area contributed by atoms with Crippen molar-refractivity contribution in [3.63, 3.8) is 0 Å². The van der Waals surface area contributed by atoms with Gasteiger partial charge in [0.25, 0.3) is 0 Å². The first-order valence-electron chi connectivity index (χ1n) is 7.88. The average molecular weight is 366 g/mol. The van der Waals surface area contributed by atoms with Gasteiger partial charge in [0.05, 0.1) is 4.90 Å². The molecule has 0 bridgehead atoms. The molecule has 2 aromatic carbocycles. The quantitative estimate of drug-likeness (QED) is 0.695. The normalized spacial score (nSPS) is 12.1. The number of rotatable bonds is 8. The van der Waals surface area contributed by atoms with Gasteiger partial charge in [0.2, 0.25) is 10.0 Å². The molecule has 0 fully saturated rings. The number of nitrogens with one attached hydrogen (secondary N) is 2. The van der Waals surface area contributed by atoms with Gasteiger partial charge < -0.3 is 9.65 Å². The highest BCUT2D eigenvalue weighted by atomic mass is 32.2. The van der Waals surface area contributed by atoms with Crippen LogP contribution in [0.15, 0.2) is 59.5 Å². The van der Waals surface area contributed by atoms with Crippen LogP contribution in [-0.4, -0.2) is 20.7 Å². The van der Waals surface area contributed by atoms with Gasteiger partial charge in [-0.1, -0.05) is 44.2 Å². The number of benzene rings is 2. The lowest BCUT2D eigenvalue weighted by molar-refractivity contribution is 0.579. The minimum Gasteiger partial charge on any atom is -0.336 e. The highest BCUT2D eigenvalue weighted by molar-refractivity contribution is 7.89. The molecule has 130 valence electrons. The fraction of sp³-hybridized carbons (Fsp3) is 0.294. The maximum atomic E-state index is 12.4. The molecule has 2 N–H and O–H groups in total. The Bertz CT molecular complexity index is 797. The van der Waals surface area contributed by atoms with Gasteiger partial charge in [-0.05, 0) is 29.8 Å². The second-order valence-corrected chi connectivity index (χ2v) is 10.5. The van der Waals surface area contributed by atoms with Crippen molar-refractivity contribution in [1.29, 1.82) is 0 Å². The van der Waals surface area contributed by atoms with Crippen molar-refractivity contribution < 1.29 is 13.0 Å². The van der Waals surface area contributed by atoms with Crippen molar-refractivity contribution in [3.05, 3.63) is 60.2 Å². The topological polar surface area (TPSA) is 75.3 Å². The van der Waals surface area contributed by atoms with Gasteiger partial charge in [-0.15, -0.1) is 0 Å². The van der Waals surface area contributed by atoms with E-state index in [1.165, 1.54) is 12.1 Å². The van der Waals surface area contributed by atoms with E-state index in [1.54, 1.807) is 12.1 Å². The van der Waals surface area contributed by atoms with Crippen LogP contribution in [-0.2, 0) is 21.1 Å². The molecule has 0 amide bonds. The zero-order valence-electron chi connectivity index (χ0n) is 13.9. The van der Waals surface area contributed by atoms with Crippen molar-refractivity contribution in [2.45, 2.75) is 25.3 Å². The molecule has 2 aromatic rings. The molecule has 0 radical (unpaired) electrons. The van der Waals surface area contributed by atoms with E-state index < -0.39 is 17.3 Å². The fourth-order valence-corrected chi connectivity index (χ4v) is 4.58. The third kappa shape index (κ3) is 4.94. The summed E-state index contributed by atoms with van der Waals surface area (Å²) in [6.45, 7) is 4.00. The zero-order valence-corrected chi connectivity index (χ0v) is 15.6. The summed E-state index contributed by atoms with van der Waals surface area (Å²) in [4.78, 5) is 0.187. The first kappa shape index (κ1) is 18.7. The Morgan fingerprint density at radius 3 is 2.04 bits per heavy atom. The van der Waals surface area contributed by atoms with Crippen molar-refractivity contribution in [2.24, 2.45) is 0 Å². The second-order valence-electron chi connectivity index (χ2n) is 5.47. The van der Waals surface area contributed by atoms with Gasteiger partial charge in [0.1, 0.15) is 0 Å². The molecule has 0 aliphatic heterocycles. The number of hydrogen-bond acceptors (Lipinski definition) is 3. The summed E-state index contributed by atoms with van der Waals surface area (Å²) in [6.07, 6.45) is 1.12. The van der Waals surface area contributed by atoms with Crippen molar-refractivity contribution in [1.82, 2.24) is 4.72 Å². The highest BCUT2D eigenvalue weighted by Crippen LogP contribution is 2.44. The molecule has 0 aliphatic rings. The van der Waals surface area contributed by atoms with Crippen molar-refractivity contribution in [3.8, 4) is 0 Å². The fourth-order valence-electron chi connectivity index (χ4n) is 2.18. The Balaban J connectivity index is 2.07. The minimum absolute atomic E-state index is 0.187. The van der Waals surface area contributed by atoms with E-state index in [1.807, 2.05) is 44.2 Å². The third-order valence-corrected chi connectivity index (χ3v) is 7.95. The van der Waals surface area contributed by atoms with E-state index >= 15 is 0 Å². The molecule has 0 aromatic heterocycles. The summed E-state index contributed by atoms with van der Waals surface area (Å²) in [5.41, 5.74) is 1.57. The molecule has 24 heavy (non-hydrogen) atoms. The molecule has 5 nitrogen and oxygen atoms in total. The lowest BCUT2D eigenvalue weighted by Crippen LogP contribution is -2.23. The average Bonchev–Trinajstić information content (AvgIpc) is 2.61. The third-order valence-electron chi connectivity index (χ3n) is 3.83. The second kappa shape index (κ2) is 7.97. The maximum Gasteiger partial charge on any atom is 0.240 e. The summed E-state index contributed by atoms with van der Waals surface area (Å²) in [6, 6.07) is 15.7. The van der Waals surface area contributed by atoms with Crippen LogP contribution >= 0.6 is 7.29 Å². The van der Waals surface area contributed by atoms with E-state index in [0.29, 0.717) is 18.0 Å². The van der Waals surface area contributed by atoms with Gasteiger partial charge in [0.15, 0.2) is 7.29 Å². The minimum atomic E-state index is -3.58. The van der Waals surface area contributed by atoms with Crippen LogP contribution in [0.2, 0.25) is 0 Å². The molecule has 0 aliphatic carbocycles. The Labute approximate surface area is 144 Å². The van der Waals surface area contributed by atoms with Gasteiger partial charge in [-0.25, -0.2) is 13.1 Å². The SMILES string of the molecule is CCP(=O)(CC)Nc1ccc(S(=O)(=O)NCc2ccccc2)cc1. The highest BCUT2D eigenvalue weighted by Gasteiger charge is 2.17. The molecule has 2 rings (SSSR count). The number of anilines is 1. The molecule has 0 spiro atoms. The lowest BCUT2D eigenvalue weighted by atomic mass is 10.2. The predicted molar refractivity (Wildman–Crippen MR) is 99.2 cm³/mol. The largest absolute Gasteiger partial charge is 0.336 e. The van der Waals surface area contributed by atoms with Crippen molar-refractivity contribution in [2.75, 3.05) is 17.4 Å². The van der Waals surface area contributed by atoms with Crippen LogP contribution in [0.1, 0.15) is 19.4 Å². The molecule has 0 saturated heterocycles. The smallest absolute Gasteiger partial charge is 0.240 e. The van der Waals surface area contributed by atoms with E-state index in [9.17, 15) is 13.0 Å². The van der Waals surface area contributed by atoms with Gasteiger partial charge in [-0.2, -0.15) is 0 Å². The van der Waals surface area contributed by atoms with Crippen molar-refractivity contribution >= 4 is 23.0 Å².